The maximum atomic E-state index is 12.2. The second-order valence-corrected chi connectivity index (χ2v) is 8.04. The number of sulfone groups is 1. The molecule has 1 aliphatic heterocycles. The summed E-state index contributed by atoms with van der Waals surface area (Å²) in [5.74, 6) is -1.47. The summed E-state index contributed by atoms with van der Waals surface area (Å²) in [4.78, 5) is 23.9. The van der Waals surface area contributed by atoms with Gasteiger partial charge in [-0.15, -0.1) is 0 Å². The molecule has 0 aliphatic carbocycles. The van der Waals surface area contributed by atoms with Crippen LogP contribution in [0.4, 0.5) is 0 Å². The molecule has 0 saturated carbocycles. The molecule has 2 N–H and O–H groups in total. The third-order valence-corrected chi connectivity index (χ3v) is 5.50. The lowest BCUT2D eigenvalue weighted by molar-refractivity contribution is -0.134. The molecule has 142 valence electrons. The van der Waals surface area contributed by atoms with Crippen LogP contribution < -0.4 is 20.3 Å². The Hall–Kier alpha value is -2.78. The van der Waals surface area contributed by atoms with Gasteiger partial charge in [0.25, 0.3) is 11.8 Å². The molecule has 1 atom stereocenters. The first kappa shape index (κ1) is 19.0. The maximum Gasteiger partial charge on any atom is 0.283 e. The van der Waals surface area contributed by atoms with Gasteiger partial charge in [0, 0.05) is 5.02 Å². The molecule has 1 heterocycles. The van der Waals surface area contributed by atoms with Crippen LogP contribution in [0.15, 0.2) is 53.4 Å². The molecule has 10 heteroatoms. The van der Waals surface area contributed by atoms with E-state index in [0.29, 0.717) is 16.5 Å². The minimum Gasteiger partial charge on any atom is -0.485 e. The fraction of sp³-hybridized carbons (Fsp3) is 0.176. The van der Waals surface area contributed by atoms with Gasteiger partial charge >= 0.3 is 0 Å². The number of hydrogen-bond donors (Lipinski definition) is 2. The summed E-state index contributed by atoms with van der Waals surface area (Å²) in [7, 11) is -3.87. The predicted molar refractivity (Wildman–Crippen MR) is 96.1 cm³/mol. The van der Waals surface area contributed by atoms with Crippen LogP contribution in [0.3, 0.4) is 0 Å². The molecular formula is C17H15ClN2O6S. The molecule has 2 amide bonds. The molecule has 0 radical (unpaired) electrons. The van der Waals surface area contributed by atoms with E-state index < -0.39 is 33.5 Å². The van der Waals surface area contributed by atoms with Gasteiger partial charge < -0.3 is 9.47 Å². The molecule has 3 rings (SSSR count). The van der Waals surface area contributed by atoms with Gasteiger partial charge in [0.1, 0.15) is 12.4 Å². The van der Waals surface area contributed by atoms with Crippen LogP contribution in [0, 0.1) is 0 Å². The van der Waals surface area contributed by atoms with Crippen LogP contribution in [0.5, 0.6) is 11.5 Å². The van der Waals surface area contributed by atoms with Crippen LogP contribution in [-0.2, 0) is 19.4 Å². The number of nitrogens with one attached hydrogen (secondary N) is 2. The largest absolute Gasteiger partial charge is 0.485 e. The van der Waals surface area contributed by atoms with Crippen molar-refractivity contribution in [1.82, 2.24) is 10.9 Å². The highest BCUT2D eigenvalue weighted by molar-refractivity contribution is 7.92. The Morgan fingerprint density at radius 3 is 2.41 bits per heavy atom. The van der Waals surface area contributed by atoms with E-state index in [0.717, 1.165) is 0 Å². The monoisotopic (exact) mass is 410 g/mol. The van der Waals surface area contributed by atoms with Crippen molar-refractivity contribution >= 4 is 33.3 Å². The number of hydrogen-bond acceptors (Lipinski definition) is 6. The number of ether oxygens (including phenoxy) is 2. The lowest BCUT2D eigenvalue weighted by atomic mass is 10.2. The maximum absolute atomic E-state index is 12.2. The zero-order chi connectivity index (χ0) is 19.4. The number of carbonyl (C=O) groups is 2. The Bertz CT molecular complexity index is 962. The van der Waals surface area contributed by atoms with Crippen LogP contribution in [-0.4, -0.2) is 38.7 Å². The van der Waals surface area contributed by atoms with Gasteiger partial charge in [-0.3, -0.25) is 20.4 Å². The highest BCUT2D eigenvalue weighted by Gasteiger charge is 2.28. The fourth-order valence-electron chi connectivity index (χ4n) is 2.29. The Kier molecular flexibility index (Phi) is 5.52. The van der Waals surface area contributed by atoms with Gasteiger partial charge in [-0.25, -0.2) is 8.42 Å². The highest BCUT2D eigenvalue weighted by atomic mass is 35.5. The molecule has 8 nitrogen and oxygen atoms in total. The molecule has 0 saturated heterocycles. The van der Waals surface area contributed by atoms with Gasteiger partial charge in [0.15, 0.2) is 21.3 Å². The number of para-hydroxylation sites is 2. The fourth-order valence-corrected chi connectivity index (χ4v) is 3.56. The number of halogens is 1. The third kappa shape index (κ3) is 4.69. The van der Waals surface area contributed by atoms with Crippen molar-refractivity contribution in [3.8, 4) is 11.5 Å². The van der Waals surface area contributed by atoms with E-state index in [-0.39, 0.29) is 11.5 Å². The first-order valence-electron chi connectivity index (χ1n) is 7.81. The smallest absolute Gasteiger partial charge is 0.283 e. The summed E-state index contributed by atoms with van der Waals surface area (Å²) >= 11 is 5.71. The Morgan fingerprint density at radius 2 is 1.70 bits per heavy atom. The van der Waals surface area contributed by atoms with Crippen molar-refractivity contribution in [2.24, 2.45) is 0 Å². The van der Waals surface area contributed by atoms with Crippen molar-refractivity contribution in [2.45, 2.75) is 11.0 Å². The van der Waals surface area contributed by atoms with Crippen LogP contribution in [0.1, 0.15) is 0 Å². The second kappa shape index (κ2) is 7.85. The Balaban J connectivity index is 1.53. The molecule has 2 aromatic rings. The van der Waals surface area contributed by atoms with E-state index in [2.05, 4.69) is 10.9 Å². The van der Waals surface area contributed by atoms with E-state index >= 15 is 0 Å². The van der Waals surface area contributed by atoms with Gasteiger partial charge in [-0.05, 0) is 36.4 Å². The molecule has 2 aromatic carbocycles. The van der Waals surface area contributed by atoms with Crippen LogP contribution >= 0.6 is 11.6 Å². The van der Waals surface area contributed by atoms with Gasteiger partial charge in [0.2, 0.25) is 6.10 Å². The Labute approximate surface area is 160 Å². The lowest BCUT2D eigenvalue weighted by Crippen LogP contribution is -2.51. The molecule has 0 aromatic heterocycles. The molecule has 0 fully saturated rings. The second-order valence-electron chi connectivity index (χ2n) is 5.61. The topological polar surface area (TPSA) is 111 Å². The van der Waals surface area contributed by atoms with Crippen molar-refractivity contribution < 1.29 is 27.5 Å². The summed E-state index contributed by atoms with van der Waals surface area (Å²) in [5.41, 5.74) is 4.20. The molecule has 0 bridgehead atoms. The van der Waals surface area contributed by atoms with Crippen molar-refractivity contribution in [2.75, 3.05) is 12.4 Å². The normalized spacial score (nSPS) is 15.7. The molecule has 1 unspecified atom stereocenters. The first-order valence-corrected chi connectivity index (χ1v) is 9.84. The van der Waals surface area contributed by atoms with Crippen LogP contribution in [0.25, 0.3) is 0 Å². The minimum absolute atomic E-state index is 0.0399. The van der Waals surface area contributed by atoms with Crippen molar-refractivity contribution in [1.29, 1.82) is 0 Å². The molecular weight excluding hydrogens is 396 g/mol. The summed E-state index contributed by atoms with van der Waals surface area (Å²) in [6, 6.07) is 12.3. The lowest BCUT2D eigenvalue weighted by Gasteiger charge is -2.25. The molecule has 27 heavy (non-hydrogen) atoms. The quantitative estimate of drug-likeness (QED) is 0.730. The summed E-state index contributed by atoms with van der Waals surface area (Å²) < 4.78 is 35.2. The third-order valence-electron chi connectivity index (χ3n) is 3.62. The number of rotatable bonds is 4. The van der Waals surface area contributed by atoms with E-state index in [9.17, 15) is 18.0 Å². The Morgan fingerprint density at radius 1 is 1.04 bits per heavy atom. The number of hydrazine groups is 1. The number of fused-ring (bicyclic) bond motifs is 1. The van der Waals surface area contributed by atoms with E-state index in [1.165, 1.54) is 24.3 Å². The SMILES string of the molecule is O=C(CS(=O)(=O)c1ccc(Cl)cc1)NNC(=O)C1COc2ccccc2O1. The first-order chi connectivity index (χ1) is 12.8. The number of carbonyl (C=O) groups excluding carboxylic acids is 2. The van der Waals surface area contributed by atoms with Gasteiger partial charge in [-0.1, -0.05) is 23.7 Å². The highest BCUT2D eigenvalue weighted by Crippen LogP contribution is 2.30. The summed E-state index contributed by atoms with van der Waals surface area (Å²) in [6.45, 7) is -0.0399. The van der Waals surface area contributed by atoms with Crippen molar-refractivity contribution in [3.63, 3.8) is 0 Å². The standard InChI is InChI=1S/C17H15ClN2O6S/c18-11-5-7-12(8-6-11)27(23,24)10-16(21)19-20-17(22)15-9-25-13-3-1-2-4-14(13)26-15/h1-8,15H,9-10H2,(H,19,21)(H,20,22). The average molecular weight is 411 g/mol. The summed E-state index contributed by atoms with van der Waals surface area (Å²) in [6.07, 6.45) is -0.979. The van der Waals surface area contributed by atoms with Crippen LogP contribution in [0.2, 0.25) is 5.02 Å². The molecule has 1 aliphatic rings. The van der Waals surface area contributed by atoms with Crippen molar-refractivity contribution in [3.05, 3.63) is 53.6 Å². The number of amides is 2. The minimum atomic E-state index is -3.87. The van der Waals surface area contributed by atoms with Gasteiger partial charge in [-0.2, -0.15) is 0 Å². The summed E-state index contributed by atoms with van der Waals surface area (Å²) in [5, 5.41) is 0.377. The predicted octanol–water partition coefficient (Wildman–Crippen LogP) is 1.10. The van der Waals surface area contributed by atoms with E-state index in [1.54, 1.807) is 24.3 Å². The zero-order valence-electron chi connectivity index (χ0n) is 13.8. The molecule has 0 spiro atoms. The van der Waals surface area contributed by atoms with E-state index in [4.69, 9.17) is 21.1 Å². The number of benzene rings is 2. The van der Waals surface area contributed by atoms with E-state index in [1.807, 2.05) is 0 Å². The zero-order valence-corrected chi connectivity index (χ0v) is 15.4. The average Bonchev–Trinajstić information content (AvgIpc) is 2.65. The van der Waals surface area contributed by atoms with Gasteiger partial charge in [0.05, 0.1) is 4.90 Å².